The minimum Gasteiger partial charge on any atom is -0.464 e. The van der Waals surface area contributed by atoms with Crippen LogP contribution in [0, 0.1) is 20.8 Å². The van der Waals surface area contributed by atoms with Crippen molar-refractivity contribution < 1.29 is 38.1 Å². The molecule has 1 aliphatic rings. The van der Waals surface area contributed by atoms with Gasteiger partial charge in [0.05, 0.1) is 35.3 Å². The number of nitrogens with zero attached hydrogens (tertiary/aromatic N) is 6. The summed E-state index contributed by atoms with van der Waals surface area (Å²) < 4.78 is 22.0. The lowest BCUT2D eigenvalue weighted by Gasteiger charge is -2.35. The molecule has 1 saturated heterocycles. The fourth-order valence-electron chi connectivity index (χ4n) is 8.33. The topological polar surface area (TPSA) is 166 Å². The molecule has 366 valence electrons. The van der Waals surface area contributed by atoms with Crippen molar-refractivity contribution in [2.24, 2.45) is 0 Å². The summed E-state index contributed by atoms with van der Waals surface area (Å²) in [5.74, 6) is -1.34. The van der Waals surface area contributed by atoms with Gasteiger partial charge in [-0.2, -0.15) is 0 Å². The molecule has 1 fully saturated rings. The van der Waals surface area contributed by atoms with Crippen molar-refractivity contribution in [3.05, 3.63) is 159 Å². The van der Waals surface area contributed by atoms with E-state index in [-0.39, 0.29) is 24.9 Å². The van der Waals surface area contributed by atoms with E-state index in [4.69, 9.17) is 33.9 Å². The van der Waals surface area contributed by atoms with Crippen LogP contribution in [0.25, 0.3) is 0 Å². The second kappa shape index (κ2) is 25.2. The van der Waals surface area contributed by atoms with Gasteiger partial charge in [-0.1, -0.05) is 67.1 Å². The van der Waals surface area contributed by atoms with Crippen molar-refractivity contribution in [1.29, 1.82) is 0 Å². The number of ether oxygens (including phenoxy) is 4. The fourth-order valence-corrected chi connectivity index (χ4v) is 8.33. The van der Waals surface area contributed by atoms with E-state index in [9.17, 15) is 19.2 Å². The Kier molecular flexibility index (Phi) is 18.9. The Bertz CT molecular complexity index is 2500. The number of aromatic nitrogens is 3. The number of rotatable bonds is 18. The third kappa shape index (κ3) is 17.2. The number of amides is 1. The zero-order valence-corrected chi connectivity index (χ0v) is 41.2. The van der Waals surface area contributed by atoms with Gasteiger partial charge in [-0.25, -0.2) is 24.2 Å². The molecule has 1 aliphatic heterocycles. The van der Waals surface area contributed by atoms with Gasteiger partial charge in [-0.05, 0) is 107 Å². The first-order valence-corrected chi connectivity index (χ1v) is 23.7. The monoisotopic (exact) mass is 942 g/mol. The number of hydrogen-bond donors (Lipinski definition) is 1. The number of unbranched alkanes of at least 4 members (excludes halogenated alkanes) is 1. The lowest BCUT2D eigenvalue weighted by atomic mass is 10.1. The van der Waals surface area contributed by atoms with E-state index >= 15 is 0 Å². The van der Waals surface area contributed by atoms with Crippen LogP contribution in [0.2, 0.25) is 0 Å². The van der Waals surface area contributed by atoms with Gasteiger partial charge in [0.2, 0.25) is 0 Å². The summed E-state index contributed by atoms with van der Waals surface area (Å²) in [4.78, 5) is 73.7. The Morgan fingerprint density at radius 3 is 1.74 bits per heavy atom. The number of benzene rings is 2. The SMILES string of the molecule is COC(=O)c1cc(C)cc(CN2CCN(Cc3cc(C(=O)OCc4ccccc4)cc(C)n3)CCN(Cc3cc(C(=O)OCc4ccccc4)cc(C)n3)C[C@@H]2CCCCNC(=O)OC(C)(C)C)n1. The molecule has 1 atom stereocenters. The van der Waals surface area contributed by atoms with Crippen molar-refractivity contribution in [2.75, 3.05) is 46.4 Å². The number of aryl methyl sites for hydroxylation is 3. The molecule has 4 heterocycles. The Morgan fingerprint density at radius 2 is 1.17 bits per heavy atom. The van der Waals surface area contributed by atoms with E-state index < -0.39 is 29.6 Å². The third-order valence-corrected chi connectivity index (χ3v) is 11.5. The Hall–Kier alpha value is -6.55. The molecule has 0 bridgehead atoms. The zero-order valence-electron chi connectivity index (χ0n) is 41.2. The predicted molar refractivity (Wildman–Crippen MR) is 262 cm³/mol. The molecule has 69 heavy (non-hydrogen) atoms. The average Bonchev–Trinajstić information content (AvgIpc) is 3.38. The first kappa shape index (κ1) is 51.8. The van der Waals surface area contributed by atoms with Crippen molar-refractivity contribution in [2.45, 2.75) is 105 Å². The first-order chi connectivity index (χ1) is 33.1. The second-order valence-corrected chi connectivity index (χ2v) is 18.7. The van der Waals surface area contributed by atoms with Crippen molar-refractivity contribution in [3.63, 3.8) is 0 Å². The number of pyridine rings is 3. The van der Waals surface area contributed by atoms with Gasteiger partial charge in [-0.3, -0.25) is 24.7 Å². The van der Waals surface area contributed by atoms with Gasteiger partial charge in [0, 0.05) is 76.3 Å². The molecule has 1 N–H and O–H groups in total. The van der Waals surface area contributed by atoms with Crippen LogP contribution < -0.4 is 5.32 Å². The summed E-state index contributed by atoms with van der Waals surface area (Å²) in [5.41, 5.74) is 6.86. The van der Waals surface area contributed by atoms with Gasteiger partial charge in [0.25, 0.3) is 0 Å². The molecule has 2 aromatic carbocycles. The lowest BCUT2D eigenvalue weighted by Crippen LogP contribution is -2.44. The summed E-state index contributed by atoms with van der Waals surface area (Å²) in [7, 11) is 1.35. The molecule has 0 aliphatic carbocycles. The van der Waals surface area contributed by atoms with Gasteiger partial charge in [-0.15, -0.1) is 0 Å². The van der Waals surface area contributed by atoms with E-state index in [2.05, 4.69) is 20.0 Å². The first-order valence-electron chi connectivity index (χ1n) is 23.7. The van der Waals surface area contributed by atoms with Gasteiger partial charge < -0.3 is 24.3 Å². The third-order valence-electron chi connectivity index (χ3n) is 11.5. The predicted octanol–water partition coefficient (Wildman–Crippen LogP) is 8.18. The van der Waals surface area contributed by atoms with Crippen LogP contribution in [0.3, 0.4) is 0 Å². The Morgan fingerprint density at radius 1 is 0.638 bits per heavy atom. The van der Waals surface area contributed by atoms with E-state index in [0.717, 1.165) is 53.0 Å². The van der Waals surface area contributed by atoms with Crippen LogP contribution >= 0.6 is 0 Å². The van der Waals surface area contributed by atoms with Gasteiger partial charge >= 0.3 is 24.0 Å². The van der Waals surface area contributed by atoms with Gasteiger partial charge in [0.1, 0.15) is 24.5 Å². The van der Waals surface area contributed by atoms with Crippen LogP contribution in [0.4, 0.5) is 4.79 Å². The molecule has 1 amide bonds. The summed E-state index contributed by atoms with van der Waals surface area (Å²) in [6.45, 7) is 16.6. The van der Waals surface area contributed by atoms with Crippen LogP contribution in [0.5, 0.6) is 0 Å². The number of methoxy groups -OCH3 is 1. The van der Waals surface area contributed by atoms with Crippen molar-refractivity contribution >= 4 is 24.0 Å². The largest absolute Gasteiger partial charge is 0.464 e. The highest BCUT2D eigenvalue weighted by atomic mass is 16.6. The van der Waals surface area contributed by atoms with Crippen LogP contribution in [-0.2, 0) is 51.8 Å². The number of esters is 3. The fraction of sp³-hybridized carbons (Fsp3) is 0.426. The molecule has 0 unspecified atom stereocenters. The summed E-state index contributed by atoms with van der Waals surface area (Å²) in [6, 6.07) is 30.1. The second-order valence-electron chi connectivity index (χ2n) is 18.7. The number of hydrogen-bond acceptors (Lipinski definition) is 14. The number of nitrogens with one attached hydrogen (secondary N) is 1. The highest BCUT2D eigenvalue weighted by molar-refractivity contribution is 5.90. The van der Waals surface area contributed by atoms with E-state index in [1.807, 2.05) is 120 Å². The molecule has 6 rings (SSSR count). The van der Waals surface area contributed by atoms with E-state index in [1.54, 1.807) is 18.2 Å². The number of carbonyl (C=O) groups is 4. The Balaban J connectivity index is 1.28. The minimum absolute atomic E-state index is 0.00133. The Labute approximate surface area is 406 Å². The molecule has 0 saturated carbocycles. The lowest BCUT2D eigenvalue weighted by molar-refractivity contribution is 0.0463. The number of carbonyl (C=O) groups excluding carboxylic acids is 4. The summed E-state index contributed by atoms with van der Waals surface area (Å²) in [6.07, 6.45) is 1.88. The van der Waals surface area contributed by atoms with Crippen LogP contribution in [-0.4, -0.2) is 112 Å². The van der Waals surface area contributed by atoms with Gasteiger partial charge in [0.15, 0.2) is 0 Å². The quantitative estimate of drug-likeness (QED) is 0.0508. The maximum atomic E-state index is 13.4. The molecule has 15 heteroatoms. The van der Waals surface area contributed by atoms with Crippen molar-refractivity contribution in [1.82, 2.24) is 35.0 Å². The molecule has 3 aromatic heterocycles. The molecule has 5 aromatic rings. The minimum atomic E-state index is -0.599. The van der Waals surface area contributed by atoms with Crippen LogP contribution in [0.15, 0.2) is 97.1 Å². The standard InChI is InChI=1S/C54H67N7O8/c1-38-26-45(58-49(27-38)52(64)66-7)34-61-25-24-59(32-46-30-43(28-39(2)56-46)50(62)67-36-41-16-10-8-11-17-41)22-23-60(35-48(61)20-14-15-21-55-53(65)69-54(4,5)6)33-47-31-44(29-40(3)57-47)51(63)68-37-42-18-12-9-13-19-42/h8-13,16-19,26-31,48H,14-15,20-25,32-37H2,1-7H3,(H,55,65)/t48-/m0/s1. The highest BCUT2D eigenvalue weighted by Crippen LogP contribution is 2.21. The average molecular weight is 942 g/mol. The van der Waals surface area contributed by atoms with Crippen molar-refractivity contribution in [3.8, 4) is 0 Å². The van der Waals surface area contributed by atoms with E-state index in [1.165, 1.54) is 7.11 Å². The normalized spacial score (nSPS) is 15.0. The zero-order chi connectivity index (χ0) is 49.3. The maximum absolute atomic E-state index is 13.4. The summed E-state index contributed by atoms with van der Waals surface area (Å²) in [5, 5.41) is 2.90. The maximum Gasteiger partial charge on any atom is 0.407 e. The van der Waals surface area contributed by atoms with E-state index in [0.29, 0.717) is 81.4 Å². The molecular formula is C54H67N7O8. The number of alkyl carbamates (subject to hydrolysis) is 1. The van der Waals surface area contributed by atoms with Crippen LogP contribution in [0.1, 0.15) is 116 Å². The highest BCUT2D eigenvalue weighted by Gasteiger charge is 2.27. The smallest absolute Gasteiger partial charge is 0.407 e. The molecular weight excluding hydrogens is 875 g/mol. The summed E-state index contributed by atoms with van der Waals surface area (Å²) >= 11 is 0. The molecule has 15 nitrogen and oxygen atoms in total. The molecule has 0 radical (unpaired) electrons. The molecule has 0 spiro atoms.